The van der Waals surface area contributed by atoms with E-state index < -0.39 is 0 Å². The summed E-state index contributed by atoms with van der Waals surface area (Å²) in [5, 5.41) is 2.81. The predicted octanol–water partition coefficient (Wildman–Crippen LogP) is 9.39. The zero-order valence-electron chi connectivity index (χ0n) is 19.7. The molecule has 2 fully saturated rings. The standard InChI is InChI=1S/C31H42/c1-3-5-7-9-24-10-13-26(14-11-24)27-16-18-28(19-17-27)30-21-20-29-22-25(8-6-4-2)12-15-31(29)23-30/h4,7,9,12,15,20-24,26-28H,2-3,5-6,8,10-11,13-14,16-19H2,1H3/b9-7+. The number of unbranched alkanes of at least 4 members (excludes halogenated alkanes) is 1. The Balaban J connectivity index is 1.29. The van der Waals surface area contributed by atoms with Gasteiger partial charge in [0.15, 0.2) is 0 Å². The molecule has 31 heavy (non-hydrogen) atoms. The minimum absolute atomic E-state index is 0.773. The molecule has 2 saturated carbocycles. The maximum atomic E-state index is 3.85. The molecule has 2 aromatic carbocycles. The van der Waals surface area contributed by atoms with Crippen LogP contribution in [0.2, 0.25) is 0 Å². The van der Waals surface area contributed by atoms with Crippen molar-refractivity contribution in [3.05, 3.63) is 72.3 Å². The highest BCUT2D eigenvalue weighted by molar-refractivity contribution is 5.84. The van der Waals surface area contributed by atoms with Crippen molar-refractivity contribution in [2.75, 3.05) is 0 Å². The van der Waals surface area contributed by atoms with Gasteiger partial charge in [-0.2, -0.15) is 0 Å². The molecule has 0 unspecified atom stereocenters. The number of rotatable bonds is 8. The second kappa shape index (κ2) is 11.2. The number of benzene rings is 2. The van der Waals surface area contributed by atoms with E-state index in [0.29, 0.717) is 0 Å². The molecule has 4 rings (SSSR count). The van der Waals surface area contributed by atoms with Gasteiger partial charge in [-0.25, -0.2) is 0 Å². The maximum Gasteiger partial charge on any atom is -0.0162 e. The molecule has 166 valence electrons. The van der Waals surface area contributed by atoms with Gasteiger partial charge in [-0.15, -0.1) is 6.58 Å². The van der Waals surface area contributed by atoms with Gasteiger partial charge in [0, 0.05) is 0 Å². The molecule has 0 aliphatic heterocycles. The molecule has 2 aromatic rings. The first kappa shape index (κ1) is 22.4. The predicted molar refractivity (Wildman–Crippen MR) is 137 cm³/mol. The lowest BCUT2D eigenvalue weighted by atomic mass is 9.68. The highest BCUT2D eigenvalue weighted by Crippen LogP contribution is 2.44. The molecular weight excluding hydrogens is 372 g/mol. The molecule has 0 atom stereocenters. The first-order valence-electron chi connectivity index (χ1n) is 13.1. The van der Waals surface area contributed by atoms with Crippen LogP contribution in [0, 0.1) is 17.8 Å². The van der Waals surface area contributed by atoms with Gasteiger partial charge in [0.2, 0.25) is 0 Å². The summed E-state index contributed by atoms with van der Waals surface area (Å²) in [6.45, 7) is 6.13. The van der Waals surface area contributed by atoms with Gasteiger partial charge >= 0.3 is 0 Å². The number of allylic oxidation sites excluding steroid dienone is 3. The highest BCUT2D eigenvalue weighted by Gasteiger charge is 2.30. The fraction of sp³-hybridized carbons (Fsp3) is 0.548. The van der Waals surface area contributed by atoms with Crippen LogP contribution in [0.15, 0.2) is 61.2 Å². The highest BCUT2D eigenvalue weighted by atomic mass is 14.4. The zero-order valence-corrected chi connectivity index (χ0v) is 19.7. The van der Waals surface area contributed by atoms with E-state index in [0.717, 1.165) is 36.5 Å². The van der Waals surface area contributed by atoms with Crippen LogP contribution in [-0.4, -0.2) is 0 Å². The molecule has 2 aliphatic carbocycles. The Bertz CT molecular complexity index is 857. The fourth-order valence-electron chi connectivity index (χ4n) is 6.18. The van der Waals surface area contributed by atoms with Gasteiger partial charge in [0.1, 0.15) is 0 Å². The Morgan fingerprint density at radius 3 is 2.19 bits per heavy atom. The lowest BCUT2D eigenvalue weighted by Gasteiger charge is -2.37. The van der Waals surface area contributed by atoms with Gasteiger partial charge in [-0.05, 0) is 116 Å². The third-order valence-corrected chi connectivity index (χ3v) is 8.16. The average molecular weight is 415 g/mol. The van der Waals surface area contributed by atoms with Crippen LogP contribution >= 0.6 is 0 Å². The molecule has 0 nitrogen and oxygen atoms in total. The zero-order chi connectivity index (χ0) is 21.5. The first-order chi connectivity index (χ1) is 15.3. The minimum atomic E-state index is 0.773. The van der Waals surface area contributed by atoms with Gasteiger partial charge in [0.05, 0.1) is 0 Å². The SMILES string of the molecule is C=CCCc1ccc2cc(C3CCC(C4CCC(/C=C/CCC)CC4)CC3)ccc2c1. The summed E-state index contributed by atoms with van der Waals surface area (Å²) in [4.78, 5) is 0. The summed E-state index contributed by atoms with van der Waals surface area (Å²) in [6.07, 6.45) is 23.2. The summed E-state index contributed by atoms with van der Waals surface area (Å²) in [6, 6.07) is 14.3. The summed E-state index contributed by atoms with van der Waals surface area (Å²) in [5.74, 6) is 3.63. The van der Waals surface area contributed by atoms with Crippen molar-refractivity contribution in [2.45, 2.75) is 89.9 Å². The molecule has 0 aromatic heterocycles. The van der Waals surface area contributed by atoms with Crippen LogP contribution in [0.3, 0.4) is 0 Å². The number of aryl methyl sites for hydroxylation is 1. The molecule has 0 amide bonds. The third-order valence-electron chi connectivity index (χ3n) is 8.16. The fourth-order valence-corrected chi connectivity index (χ4v) is 6.18. The van der Waals surface area contributed by atoms with Crippen LogP contribution in [0.5, 0.6) is 0 Å². The van der Waals surface area contributed by atoms with E-state index in [9.17, 15) is 0 Å². The van der Waals surface area contributed by atoms with E-state index in [1.165, 1.54) is 80.5 Å². The van der Waals surface area contributed by atoms with Crippen molar-refractivity contribution in [1.82, 2.24) is 0 Å². The lowest BCUT2D eigenvalue weighted by Crippen LogP contribution is -2.25. The van der Waals surface area contributed by atoms with E-state index in [1.54, 1.807) is 5.56 Å². The van der Waals surface area contributed by atoms with Gasteiger partial charge in [-0.3, -0.25) is 0 Å². The normalized spacial score (nSPS) is 27.0. The third kappa shape index (κ3) is 5.91. The van der Waals surface area contributed by atoms with Crippen LogP contribution in [0.25, 0.3) is 10.8 Å². The molecule has 0 bridgehead atoms. The topological polar surface area (TPSA) is 0 Å². The van der Waals surface area contributed by atoms with E-state index in [4.69, 9.17) is 0 Å². The van der Waals surface area contributed by atoms with Crippen molar-refractivity contribution >= 4 is 10.8 Å². The number of fused-ring (bicyclic) bond motifs is 1. The van der Waals surface area contributed by atoms with E-state index >= 15 is 0 Å². The minimum Gasteiger partial charge on any atom is -0.103 e. The van der Waals surface area contributed by atoms with E-state index in [-0.39, 0.29) is 0 Å². The molecule has 0 saturated heterocycles. The molecule has 0 N–H and O–H groups in total. The van der Waals surface area contributed by atoms with Gasteiger partial charge < -0.3 is 0 Å². The van der Waals surface area contributed by atoms with Crippen molar-refractivity contribution in [3.63, 3.8) is 0 Å². The summed E-state index contributed by atoms with van der Waals surface area (Å²) in [5.41, 5.74) is 3.01. The molecule has 0 heterocycles. The van der Waals surface area contributed by atoms with Crippen LogP contribution < -0.4 is 0 Å². The average Bonchev–Trinajstić information content (AvgIpc) is 2.83. The summed E-state index contributed by atoms with van der Waals surface area (Å²) in [7, 11) is 0. The number of hydrogen-bond acceptors (Lipinski definition) is 0. The quantitative estimate of drug-likeness (QED) is 0.377. The molecule has 0 radical (unpaired) electrons. The maximum absolute atomic E-state index is 3.85. The van der Waals surface area contributed by atoms with E-state index in [1.807, 2.05) is 6.08 Å². The molecule has 2 aliphatic rings. The van der Waals surface area contributed by atoms with Gasteiger partial charge in [0.25, 0.3) is 0 Å². The van der Waals surface area contributed by atoms with Crippen molar-refractivity contribution in [2.24, 2.45) is 17.8 Å². The van der Waals surface area contributed by atoms with Crippen molar-refractivity contribution < 1.29 is 0 Å². The van der Waals surface area contributed by atoms with Crippen molar-refractivity contribution in [3.8, 4) is 0 Å². The molecule has 0 heteroatoms. The Morgan fingerprint density at radius 1 is 0.806 bits per heavy atom. The van der Waals surface area contributed by atoms with Crippen LogP contribution in [-0.2, 0) is 6.42 Å². The smallest absolute Gasteiger partial charge is 0.0162 e. The Labute approximate surface area is 190 Å². The monoisotopic (exact) mass is 414 g/mol. The summed E-state index contributed by atoms with van der Waals surface area (Å²) >= 11 is 0. The Morgan fingerprint density at radius 2 is 1.48 bits per heavy atom. The Kier molecular flexibility index (Phi) is 8.06. The molecule has 0 spiro atoms. The second-order valence-electron chi connectivity index (χ2n) is 10.3. The van der Waals surface area contributed by atoms with E-state index in [2.05, 4.69) is 62.1 Å². The van der Waals surface area contributed by atoms with Crippen LogP contribution in [0.1, 0.15) is 94.6 Å². The van der Waals surface area contributed by atoms with Gasteiger partial charge in [-0.1, -0.05) is 68.0 Å². The first-order valence-corrected chi connectivity index (χ1v) is 13.1. The largest absolute Gasteiger partial charge is 0.103 e. The summed E-state index contributed by atoms with van der Waals surface area (Å²) < 4.78 is 0. The van der Waals surface area contributed by atoms with Crippen LogP contribution in [0.4, 0.5) is 0 Å². The van der Waals surface area contributed by atoms with Crippen molar-refractivity contribution in [1.29, 1.82) is 0 Å². The lowest BCUT2D eigenvalue weighted by molar-refractivity contribution is 0.171. The Hall–Kier alpha value is -1.82. The number of hydrogen-bond donors (Lipinski definition) is 0. The molecular formula is C31H42. The second-order valence-corrected chi connectivity index (χ2v) is 10.3.